The van der Waals surface area contributed by atoms with Crippen LogP contribution in [0.2, 0.25) is 0 Å². The molecule has 12 heteroatoms. The van der Waals surface area contributed by atoms with Crippen LogP contribution < -0.4 is 16.5 Å². The fourth-order valence-electron chi connectivity index (χ4n) is 7.56. The van der Waals surface area contributed by atoms with E-state index in [4.69, 9.17) is 5.73 Å². The van der Waals surface area contributed by atoms with Crippen LogP contribution in [0.3, 0.4) is 0 Å². The van der Waals surface area contributed by atoms with Crippen LogP contribution >= 0.6 is 0 Å². The number of nitrogen functional groups attached to an aromatic ring is 1. The summed E-state index contributed by atoms with van der Waals surface area (Å²) in [5, 5.41) is 12.2. The zero-order valence-electron chi connectivity index (χ0n) is 30.1. The molecule has 3 aromatic heterocycles. The molecule has 2 amide bonds. The number of nitriles is 1. The van der Waals surface area contributed by atoms with Crippen molar-refractivity contribution in [2.24, 2.45) is 11.3 Å². The van der Waals surface area contributed by atoms with E-state index in [-0.39, 0.29) is 51.3 Å². The number of nitrogens with zero attached hydrogens (tertiary/aromatic N) is 5. The molecule has 5 aromatic rings. The van der Waals surface area contributed by atoms with E-state index >= 15 is 4.39 Å². The second-order valence-corrected chi connectivity index (χ2v) is 15.1. The smallest absolute Gasteiger partial charge is 0.261 e. The van der Waals surface area contributed by atoms with Gasteiger partial charge in [-0.15, -0.1) is 0 Å². The van der Waals surface area contributed by atoms with E-state index in [2.05, 4.69) is 21.4 Å². The second-order valence-electron chi connectivity index (χ2n) is 15.1. The van der Waals surface area contributed by atoms with Gasteiger partial charge in [0.2, 0.25) is 11.3 Å². The summed E-state index contributed by atoms with van der Waals surface area (Å²) >= 11 is 0. The van der Waals surface area contributed by atoms with E-state index in [1.54, 1.807) is 23.0 Å². The molecule has 2 saturated carbocycles. The Bertz CT molecular complexity index is 2400. The fraction of sp³-hybridized carbons (Fsp3) is 0.302. The summed E-state index contributed by atoms with van der Waals surface area (Å²) in [7, 11) is 0. The van der Waals surface area contributed by atoms with Gasteiger partial charge in [0.1, 0.15) is 23.0 Å². The lowest BCUT2D eigenvalue weighted by atomic mass is 9.85. The van der Waals surface area contributed by atoms with Crippen LogP contribution in [0.25, 0.3) is 33.5 Å². The summed E-state index contributed by atoms with van der Waals surface area (Å²) < 4.78 is 31.2. The number of rotatable bonds is 11. The highest BCUT2D eigenvalue weighted by Crippen LogP contribution is 2.47. The largest absolute Gasteiger partial charge is 0.383 e. The molecule has 1 saturated heterocycles. The molecule has 0 unspecified atom stereocenters. The van der Waals surface area contributed by atoms with E-state index in [9.17, 15) is 24.0 Å². The highest BCUT2D eigenvalue weighted by molar-refractivity contribution is 6.04. The van der Waals surface area contributed by atoms with Crippen molar-refractivity contribution in [3.05, 3.63) is 118 Å². The Morgan fingerprint density at radius 3 is 2.40 bits per heavy atom. The van der Waals surface area contributed by atoms with Gasteiger partial charge in [-0.05, 0) is 92.0 Å². The van der Waals surface area contributed by atoms with Gasteiger partial charge in [0, 0.05) is 66.5 Å². The van der Waals surface area contributed by atoms with Crippen LogP contribution in [0.1, 0.15) is 60.9 Å². The molecule has 3 fully saturated rings. The standard InChI is InChI=1S/C43H39F2N7O3/c44-30-8-12-38(48-20-30)35-22-51(21-27-2-1-3-27)23-36(40(35)54)42(55)50-31-9-11-33(37(45)18-31)34-17-29(19-49-41(34)47)28-6-4-26(5-7-28)16-32-10-13-39(53)52(32)25-43(24-46)14-15-43/h4-9,11-12,17-20,22-23,27,32H,1-3,10,13-16,21,25H2,(H2,47,49)(H,50,55)/t32-/m0/s1. The summed E-state index contributed by atoms with van der Waals surface area (Å²) in [6.45, 7) is 1.11. The molecule has 2 aromatic carbocycles. The summed E-state index contributed by atoms with van der Waals surface area (Å²) in [4.78, 5) is 50.0. The number of pyridine rings is 3. The molecule has 3 N–H and O–H groups in total. The summed E-state index contributed by atoms with van der Waals surface area (Å²) in [5.74, 6) is -1.24. The number of nitrogens with one attached hydrogen (secondary N) is 1. The molecular weight excluding hydrogens is 701 g/mol. The number of carbonyl (C=O) groups is 2. The number of halogens is 2. The summed E-state index contributed by atoms with van der Waals surface area (Å²) in [5.41, 5.74) is 8.92. The lowest BCUT2D eigenvalue weighted by molar-refractivity contribution is -0.129. The van der Waals surface area contributed by atoms with Crippen molar-refractivity contribution in [1.29, 1.82) is 5.26 Å². The molecule has 3 aliphatic rings. The number of anilines is 2. The predicted octanol–water partition coefficient (Wildman–Crippen LogP) is 7.39. The highest BCUT2D eigenvalue weighted by Gasteiger charge is 2.47. The maximum Gasteiger partial charge on any atom is 0.261 e. The van der Waals surface area contributed by atoms with Crippen LogP contribution in [0.5, 0.6) is 0 Å². The van der Waals surface area contributed by atoms with Crippen molar-refractivity contribution in [3.63, 3.8) is 0 Å². The minimum atomic E-state index is -0.712. The van der Waals surface area contributed by atoms with Crippen molar-refractivity contribution in [2.75, 3.05) is 17.6 Å². The third-order valence-corrected chi connectivity index (χ3v) is 11.2. The van der Waals surface area contributed by atoms with Gasteiger partial charge in [0.05, 0.1) is 28.9 Å². The summed E-state index contributed by atoms with van der Waals surface area (Å²) in [6.07, 6.45) is 12.7. The molecule has 10 nitrogen and oxygen atoms in total. The van der Waals surface area contributed by atoms with Crippen LogP contribution in [0.4, 0.5) is 20.3 Å². The topological polar surface area (TPSA) is 147 Å². The maximum absolute atomic E-state index is 15.8. The lowest BCUT2D eigenvalue weighted by Crippen LogP contribution is -2.38. The maximum atomic E-state index is 15.8. The van der Waals surface area contributed by atoms with Gasteiger partial charge in [0.25, 0.3) is 5.91 Å². The fourth-order valence-corrected chi connectivity index (χ4v) is 7.56. The monoisotopic (exact) mass is 739 g/mol. The van der Waals surface area contributed by atoms with Gasteiger partial charge in [0.15, 0.2) is 0 Å². The SMILES string of the molecule is N#CC1(CN2C(=O)CC[C@H]2Cc2ccc(-c3cnc(N)c(-c4ccc(NC(=O)c5cn(CC6CCC6)cc(-c6ccc(F)cn6)c5=O)cc4F)c3)cc2)CC1. The minimum absolute atomic E-state index is 0.0595. The highest BCUT2D eigenvalue weighted by atomic mass is 19.1. The molecule has 4 heterocycles. The van der Waals surface area contributed by atoms with Gasteiger partial charge in [-0.25, -0.2) is 13.8 Å². The molecule has 1 atom stereocenters. The number of benzene rings is 2. The first kappa shape index (κ1) is 35.8. The van der Waals surface area contributed by atoms with Crippen molar-refractivity contribution in [1.82, 2.24) is 19.4 Å². The number of likely N-dealkylation sites (tertiary alicyclic amines) is 1. The van der Waals surface area contributed by atoms with Gasteiger partial charge in [-0.3, -0.25) is 19.4 Å². The number of carbonyl (C=O) groups excluding carboxylic acids is 2. The molecule has 1 aliphatic heterocycles. The molecule has 0 radical (unpaired) electrons. The quantitative estimate of drug-likeness (QED) is 0.144. The average molecular weight is 740 g/mol. The van der Waals surface area contributed by atoms with Crippen molar-refractivity contribution < 1.29 is 18.4 Å². The Hall–Kier alpha value is -6.22. The first-order chi connectivity index (χ1) is 26.6. The third kappa shape index (κ3) is 7.47. The number of hydrogen-bond donors (Lipinski definition) is 2. The minimum Gasteiger partial charge on any atom is -0.383 e. The number of hydrogen-bond acceptors (Lipinski definition) is 7. The molecular formula is C43H39F2N7O3. The average Bonchev–Trinajstić information content (AvgIpc) is 3.87. The Balaban J connectivity index is 0.992. The number of amides is 2. The first-order valence-electron chi connectivity index (χ1n) is 18.6. The Kier molecular flexibility index (Phi) is 9.47. The van der Waals surface area contributed by atoms with Gasteiger partial charge >= 0.3 is 0 Å². The molecule has 8 rings (SSSR count). The van der Waals surface area contributed by atoms with Gasteiger partial charge in [-0.2, -0.15) is 5.26 Å². The Labute approximate surface area is 316 Å². The van der Waals surface area contributed by atoms with E-state index in [1.807, 2.05) is 29.2 Å². The molecule has 0 spiro atoms. The van der Waals surface area contributed by atoms with Crippen LogP contribution in [0, 0.1) is 34.3 Å². The molecule has 0 bridgehead atoms. The zero-order chi connectivity index (χ0) is 38.3. The van der Waals surface area contributed by atoms with Gasteiger partial charge < -0.3 is 20.5 Å². The zero-order valence-corrected chi connectivity index (χ0v) is 30.1. The van der Waals surface area contributed by atoms with E-state index in [0.717, 1.165) is 61.4 Å². The van der Waals surface area contributed by atoms with Gasteiger partial charge in [-0.1, -0.05) is 30.7 Å². The Morgan fingerprint density at radius 1 is 0.927 bits per heavy atom. The third-order valence-electron chi connectivity index (χ3n) is 11.2. The second kappa shape index (κ2) is 14.5. The number of aromatic nitrogens is 3. The molecule has 2 aliphatic carbocycles. The van der Waals surface area contributed by atoms with Crippen molar-refractivity contribution in [3.8, 4) is 39.6 Å². The number of nitrogens with two attached hydrogens (primary N) is 1. The first-order valence-corrected chi connectivity index (χ1v) is 18.6. The van der Waals surface area contributed by atoms with E-state index in [0.29, 0.717) is 37.4 Å². The molecule has 278 valence electrons. The van der Waals surface area contributed by atoms with Crippen LogP contribution in [-0.4, -0.2) is 43.8 Å². The Morgan fingerprint density at radius 2 is 1.73 bits per heavy atom. The van der Waals surface area contributed by atoms with Crippen LogP contribution in [0.15, 0.2) is 90.2 Å². The molecule has 55 heavy (non-hydrogen) atoms. The normalized spacial score (nSPS) is 17.4. The predicted molar refractivity (Wildman–Crippen MR) is 204 cm³/mol. The van der Waals surface area contributed by atoms with E-state index in [1.165, 1.54) is 36.5 Å². The lowest BCUT2D eigenvalue weighted by Gasteiger charge is -2.27. The summed E-state index contributed by atoms with van der Waals surface area (Å²) in [6, 6.07) is 19.0. The van der Waals surface area contributed by atoms with Crippen LogP contribution in [-0.2, 0) is 17.8 Å². The van der Waals surface area contributed by atoms with Crippen molar-refractivity contribution >= 4 is 23.3 Å². The van der Waals surface area contributed by atoms with Crippen molar-refractivity contribution in [2.45, 2.75) is 64.0 Å². The van der Waals surface area contributed by atoms with E-state index < -0.39 is 23.0 Å².